The van der Waals surface area contributed by atoms with E-state index in [1.807, 2.05) is 0 Å². The Morgan fingerprint density at radius 2 is 2.05 bits per heavy atom. The number of aliphatic hydroxyl groups excluding tert-OH is 3. The third-order valence-electron chi connectivity index (χ3n) is 3.57. The van der Waals surface area contributed by atoms with Crippen molar-refractivity contribution in [2.75, 3.05) is 18.9 Å². The Morgan fingerprint density at radius 3 is 2.70 bits per heavy atom. The maximum atomic E-state index is 10.2. The van der Waals surface area contributed by atoms with Crippen molar-refractivity contribution in [2.24, 2.45) is 5.92 Å². The smallest absolute Gasteiger partial charge is 0.167 e. The highest BCUT2D eigenvalue weighted by Gasteiger charge is 2.44. The fourth-order valence-electron chi connectivity index (χ4n) is 2.48. The van der Waals surface area contributed by atoms with Gasteiger partial charge in [-0.2, -0.15) is 0 Å². The summed E-state index contributed by atoms with van der Waals surface area (Å²) in [6, 6.07) is 0. The van der Waals surface area contributed by atoms with Crippen LogP contribution >= 0.6 is 0 Å². The Balaban J connectivity index is 2.01. The molecule has 0 bridgehead atoms. The molecule has 0 aromatic carbocycles. The lowest BCUT2D eigenvalue weighted by Gasteiger charge is -2.17. The van der Waals surface area contributed by atoms with Gasteiger partial charge in [-0.05, 0) is 0 Å². The number of hydrogen-bond donors (Lipinski definition) is 4. The lowest BCUT2D eigenvalue weighted by atomic mass is 9.99. The highest BCUT2D eigenvalue weighted by Crippen LogP contribution is 2.35. The molecule has 0 spiro atoms. The van der Waals surface area contributed by atoms with E-state index in [1.165, 1.54) is 17.2 Å². The van der Waals surface area contributed by atoms with Crippen LogP contribution in [0.5, 0.6) is 0 Å². The van der Waals surface area contributed by atoms with E-state index in [2.05, 4.69) is 15.0 Å². The van der Waals surface area contributed by atoms with Gasteiger partial charge in [0.25, 0.3) is 0 Å². The van der Waals surface area contributed by atoms with E-state index in [0.717, 1.165) is 0 Å². The average molecular weight is 281 g/mol. The van der Waals surface area contributed by atoms with Gasteiger partial charge in [0.1, 0.15) is 17.9 Å². The molecule has 1 fully saturated rings. The van der Waals surface area contributed by atoms with E-state index in [4.69, 9.17) is 10.5 Å². The number of ether oxygens (including phenoxy) is 1. The second-order valence-corrected chi connectivity index (χ2v) is 4.67. The molecular formula is C11H15N5O4. The second kappa shape index (κ2) is 4.94. The summed E-state index contributed by atoms with van der Waals surface area (Å²) in [6.45, 7) is -0.574. The normalized spacial score (nSPS) is 30.1. The van der Waals surface area contributed by atoms with Crippen LogP contribution < -0.4 is 5.73 Å². The second-order valence-electron chi connectivity index (χ2n) is 4.67. The predicted octanol–water partition coefficient (Wildman–Crippen LogP) is -1.73. The zero-order valence-corrected chi connectivity index (χ0v) is 10.5. The van der Waals surface area contributed by atoms with Crippen molar-refractivity contribution < 1.29 is 20.1 Å². The molecule has 1 unspecified atom stereocenters. The number of imidazole rings is 1. The van der Waals surface area contributed by atoms with Crippen LogP contribution in [-0.4, -0.2) is 60.3 Å². The van der Waals surface area contributed by atoms with Crippen LogP contribution in [0.25, 0.3) is 11.2 Å². The Morgan fingerprint density at radius 1 is 1.25 bits per heavy atom. The van der Waals surface area contributed by atoms with Crippen molar-refractivity contribution in [1.29, 1.82) is 0 Å². The Bertz CT molecular complexity index is 618. The molecule has 9 heteroatoms. The molecule has 5 N–H and O–H groups in total. The summed E-state index contributed by atoms with van der Waals surface area (Å²) < 4.78 is 7.10. The molecule has 108 valence electrons. The summed E-state index contributed by atoms with van der Waals surface area (Å²) >= 11 is 0. The highest BCUT2D eigenvalue weighted by atomic mass is 16.5. The third-order valence-corrected chi connectivity index (χ3v) is 3.57. The molecular weight excluding hydrogens is 266 g/mol. The number of fused-ring (bicyclic) bond motifs is 1. The molecule has 0 amide bonds. The monoisotopic (exact) mass is 281 g/mol. The first-order valence-corrected chi connectivity index (χ1v) is 6.15. The van der Waals surface area contributed by atoms with Gasteiger partial charge < -0.3 is 25.8 Å². The van der Waals surface area contributed by atoms with E-state index >= 15 is 0 Å². The van der Waals surface area contributed by atoms with Crippen LogP contribution in [0.4, 0.5) is 5.82 Å². The van der Waals surface area contributed by atoms with Crippen LogP contribution in [0.2, 0.25) is 0 Å². The van der Waals surface area contributed by atoms with E-state index < -0.39 is 24.4 Å². The summed E-state index contributed by atoms with van der Waals surface area (Å²) in [4.78, 5) is 12.0. The van der Waals surface area contributed by atoms with Gasteiger partial charge in [-0.25, -0.2) is 15.0 Å². The van der Waals surface area contributed by atoms with Crippen LogP contribution in [0.1, 0.15) is 6.23 Å². The van der Waals surface area contributed by atoms with Crippen molar-refractivity contribution >= 4 is 17.0 Å². The fourth-order valence-corrected chi connectivity index (χ4v) is 2.48. The summed E-state index contributed by atoms with van der Waals surface area (Å²) in [5.41, 5.74) is 6.54. The number of nitrogens with two attached hydrogens (primary N) is 1. The average Bonchev–Trinajstić information content (AvgIpc) is 3.00. The van der Waals surface area contributed by atoms with Gasteiger partial charge in [-0.15, -0.1) is 0 Å². The number of nitrogen functional groups attached to an aromatic ring is 1. The zero-order chi connectivity index (χ0) is 14.3. The minimum atomic E-state index is -0.981. The number of aliphatic hydroxyl groups is 3. The highest BCUT2D eigenvalue weighted by molar-refractivity contribution is 5.81. The first kappa shape index (κ1) is 13.2. The zero-order valence-electron chi connectivity index (χ0n) is 10.5. The Hall–Kier alpha value is -1.81. The Kier molecular flexibility index (Phi) is 3.26. The number of aromatic nitrogens is 4. The molecule has 4 atom stereocenters. The van der Waals surface area contributed by atoms with Crippen LogP contribution in [0.15, 0.2) is 12.7 Å². The van der Waals surface area contributed by atoms with Gasteiger partial charge in [-0.1, -0.05) is 0 Å². The molecule has 9 nitrogen and oxygen atoms in total. The van der Waals surface area contributed by atoms with Crippen molar-refractivity contribution in [1.82, 2.24) is 19.5 Å². The number of rotatable bonds is 3. The van der Waals surface area contributed by atoms with Crippen LogP contribution in [0, 0.1) is 5.92 Å². The van der Waals surface area contributed by atoms with Gasteiger partial charge in [-0.3, -0.25) is 4.57 Å². The van der Waals surface area contributed by atoms with Gasteiger partial charge >= 0.3 is 0 Å². The fraction of sp³-hybridized carbons (Fsp3) is 0.545. The summed E-state index contributed by atoms with van der Waals surface area (Å²) in [6.07, 6.45) is 0.327. The van der Waals surface area contributed by atoms with E-state index in [1.54, 1.807) is 0 Å². The van der Waals surface area contributed by atoms with E-state index in [9.17, 15) is 15.3 Å². The van der Waals surface area contributed by atoms with Gasteiger partial charge in [0.05, 0.1) is 25.6 Å². The SMILES string of the molecule is Nc1ncnc2c1ncn2[C@@H]1O[C@H](CO)C(CO)[C@H]1O. The maximum absolute atomic E-state index is 10.2. The molecule has 1 aliphatic heterocycles. The number of anilines is 1. The molecule has 2 aromatic heterocycles. The predicted molar refractivity (Wildman–Crippen MR) is 67.3 cm³/mol. The molecule has 0 radical (unpaired) electrons. The van der Waals surface area contributed by atoms with Crippen LogP contribution in [0.3, 0.4) is 0 Å². The lowest BCUT2D eigenvalue weighted by molar-refractivity contribution is -0.0496. The summed E-state index contributed by atoms with van der Waals surface area (Å²) in [7, 11) is 0. The molecule has 0 saturated carbocycles. The first-order valence-electron chi connectivity index (χ1n) is 6.15. The van der Waals surface area contributed by atoms with Crippen molar-refractivity contribution in [3.8, 4) is 0 Å². The molecule has 3 heterocycles. The van der Waals surface area contributed by atoms with Crippen molar-refractivity contribution in [2.45, 2.75) is 18.4 Å². The molecule has 1 aliphatic rings. The standard InChI is InChI=1S/C11H15N5O4/c12-9-7-10(14-3-13-9)16(4-15-7)11-8(19)5(1-17)6(2-18)20-11/h3-6,8,11,17-19H,1-2H2,(H2,12,13,14)/t5?,6-,8-,11-/m1/s1. The summed E-state index contributed by atoms with van der Waals surface area (Å²) in [5.74, 6) is -0.333. The molecule has 20 heavy (non-hydrogen) atoms. The van der Waals surface area contributed by atoms with E-state index in [0.29, 0.717) is 11.2 Å². The maximum Gasteiger partial charge on any atom is 0.167 e. The molecule has 3 rings (SSSR count). The minimum absolute atomic E-state index is 0.235. The quantitative estimate of drug-likeness (QED) is 0.520. The summed E-state index contributed by atoms with van der Waals surface area (Å²) in [5, 5.41) is 28.8. The van der Waals surface area contributed by atoms with Gasteiger partial charge in [0.15, 0.2) is 17.7 Å². The van der Waals surface area contributed by atoms with Crippen molar-refractivity contribution in [3.63, 3.8) is 0 Å². The van der Waals surface area contributed by atoms with Gasteiger partial charge in [0.2, 0.25) is 0 Å². The molecule has 2 aromatic rings. The topological polar surface area (TPSA) is 140 Å². The molecule has 0 aliphatic carbocycles. The molecule has 1 saturated heterocycles. The minimum Gasteiger partial charge on any atom is -0.396 e. The third kappa shape index (κ3) is 1.83. The lowest BCUT2D eigenvalue weighted by Crippen LogP contribution is -2.30. The van der Waals surface area contributed by atoms with Crippen LogP contribution in [-0.2, 0) is 4.74 Å². The first-order chi connectivity index (χ1) is 9.67. The number of nitrogens with zero attached hydrogens (tertiary/aromatic N) is 4. The van der Waals surface area contributed by atoms with E-state index in [-0.39, 0.29) is 19.0 Å². The van der Waals surface area contributed by atoms with Gasteiger partial charge in [0, 0.05) is 5.92 Å². The largest absolute Gasteiger partial charge is 0.396 e. The Labute approximate surface area is 113 Å². The van der Waals surface area contributed by atoms with Crippen molar-refractivity contribution in [3.05, 3.63) is 12.7 Å². The number of hydrogen-bond acceptors (Lipinski definition) is 8.